The third kappa shape index (κ3) is 3.29. The van der Waals surface area contributed by atoms with Gasteiger partial charge in [0.15, 0.2) is 0 Å². The molecule has 2 aromatic carbocycles. The number of fused-ring (bicyclic) bond motifs is 1. The van der Waals surface area contributed by atoms with Crippen LogP contribution in [0.1, 0.15) is 35.6 Å². The van der Waals surface area contributed by atoms with Gasteiger partial charge in [-0.3, -0.25) is 4.90 Å². The molecule has 5 nitrogen and oxygen atoms in total. The van der Waals surface area contributed by atoms with E-state index in [1.54, 1.807) is 31.2 Å². The first-order valence-corrected chi connectivity index (χ1v) is 9.24. The van der Waals surface area contributed by atoms with Crippen LogP contribution < -0.4 is 4.74 Å². The Labute approximate surface area is 157 Å². The zero-order valence-corrected chi connectivity index (χ0v) is 15.2. The summed E-state index contributed by atoms with van der Waals surface area (Å²) in [6.07, 6.45) is 0.289. The van der Waals surface area contributed by atoms with Crippen LogP contribution in [-0.2, 0) is 5.60 Å². The molecule has 0 spiro atoms. The molecule has 0 amide bonds. The summed E-state index contributed by atoms with van der Waals surface area (Å²) in [5.41, 5.74) is 1.12. The highest BCUT2D eigenvalue weighted by molar-refractivity contribution is 5.47. The predicted molar refractivity (Wildman–Crippen MR) is 98.2 cm³/mol. The molecule has 2 atom stereocenters. The lowest BCUT2D eigenvalue weighted by Crippen LogP contribution is -2.52. The van der Waals surface area contributed by atoms with Crippen molar-refractivity contribution in [1.82, 2.24) is 4.90 Å². The lowest BCUT2D eigenvalue weighted by atomic mass is 9.83. The summed E-state index contributed by atoms with van der Waals surface area (Å²) < 4.78 is 18.9. The molecular formula is C21H24FNO4. The van der Waals surface area contributed by atoms with Crippen molar-refractivity contribution in [2.45, 2.75) is 37.5 Å². The number of phenolic OH excluding ortho intramolecular Hbond substituents is 1. The van der Waals surface area contributed by atoms with Crippen LogP contribution in [0.15, 0.2) is 36.4 Å². The maximum Gasteiger partial charge on any atom is 0.128 e. The van der Waals surface area contributed by atoms with Gasteiger partial charge in [-0.1, -0.05) is 12.1 Å². The van der Waals surface area contributed by atoms with Crippen LogP contribution in [0.25, 0.3) is 0 Å². The molecule has 1 unspecified atom stereocenters. The molecule has 2 aromatic rings. The number of likely N-dealkylation sites (tertiary alicyclic amines) is 1. The van der Waals surface area contributed by atoms with Gasteiger partial charge in [0, 0.05) is 24.7 Å². The number of benzene rings is 2. The molecule has 0 saturated carbocycles. The molecular weight excluding hydrogens is 349 g/mol. The molecule has 4 rings (SSSR count). The zero-order valence-electron chi connectivity index (χ0n) is 15.2. The second-order valence-electron chi connectivity index (χ2n) is 7.57. The number of aromatic hydroxyl groups is 1. The van der Waals surface area contributed by atoms with Crippen LogP contribution in [0, 0.1) is 12.7 Å². The number of piperidine rings is 1. The Balaban J connectivity index is 1.48. The van der Waals surface area contributed by atoms with E-state index in [1.165, 1.54) is 12.1 Å². The summed E-state index contributed by atoms with van der Waals surface area (Å²) in [4.78, 5) is 2.13. The van der Waals surface area contributed by atoms with Crippen molar-refractivity contribution >= 4 is 0 Å². The average molecular weight is 373 g/mol. The fourth-order valence-electron chi connectivity index (χ4n) is 4.11. The first-order valence-electron chi connectivity index (χ1n) is 9.24. The first kappa shape index (κ1) is 18.2. The van der Waals surface area contributed by atoms with Gasteiger partial charge in [0.1, 0.15) is 30.0 Å². The average Bonchev–Trinajstić information content (AvgIpc) is 2.65. The number of rotatable bonds is 2. The van der Waals surface area contributed by atoms with Crippen LogP contribution in [0.2, 0.25) is 0 Å². The number of aryl methyl sites for hydroxylation is 1. The van der Waals surface area contributed by atoms with Gasteiger partial charge < -0.3 is 20.1 Å². The smallest absolute Gasteiger partial charge is 0.128 e. The molecule has 2 heterocycles. The molecule has 144 valence electrons. The predicted octanol–water partition coefficient (Wildman–Crippen LogP) is 2.62. The maximum atomic E-state index is 13.2. The van der Waals surface area contributed by atoms with Crippen LogP contribution in [0.3, 0.4) is 0 Å². The van der Waals surface area contributed by atoms with Gasteiger partial charge in [-0.25, -0.2) is 4.39 Å². The zero-order chi connectivity index (χ0) is 19.2. The van der Waals surface area contributed by atoms with Crippen LogP contribution in [0.4, 0.5) is 4.39 Å². The van der Waals surface area contributed by atoms with E-state index in [2.05, 4.69) is 4.90 Å². The Kier molecular flexibility index (Phi) is 4.58. The number of hydrogen-bond acceptors (Lipinski definition) is 5. The number of nitrogens with zero attached hydrogens (tertiary/aromatic N) is 1. The molecule has 1 saturated heterocycles. The molecule has 0 aliphatic carbocycles. The third-order valence-corrected chi connectivity index (χ3v) is 5.90. The minimum atomic E-state index is -0.981. The fraction of sp³-hybridized carbons (Fsp3) is 0.429. The van der Waals surface area contributed by atoms with Crippen molar-refractivity contribution in [3.63, 3.8) is 0 Å². The van der Waals surface area contributed by atoms with Gasteiger partial charge in [-0.2, -0.15) is 0 Å². The highest BCUT2D eigenvalue weighted by Crippen LogP contribution is 2.40. The number of phenols is 1. The third-order valence-electron chi connectivity index (χ3n) is 5.90. The van der Waals surface area contributed by atoms with Gasteiger partial charge >= 0.3 is 0 Å². The lowest BCUT2D eigenvalue weighted by molar-refractivity contribution is -0.0665. The lowest BCUT2D eigenvalue weighted by Gasteiger charge is -2.44. The van der Waals surface area contributed by atoms with E-state index in [1.807, 2.05) is 0 Å². The molecule has 6 heteroatoms. The van der Waals surface area contributed by atoms with Crippen molar-refractivity contribution in [3.05, 3.63) is 58.9 Å². The van der Waals surface area contributed by atoms with E-state index in [4.69, 9.17) is 4.74 Å². The van der Waals surface area contributed by atoms with E-state index in [-0.39, 0.29) is 17.6 Å². The standard InChI is InChI=1S/C21H24FNO4/c1-13-10-16-19(11-18(13)24)27-12-17(20(16)25)23-8-6-21(26,7-9-23)14-2-4-15(22)5-3-14/h2-5,10-11,17,20,24-26H,6-9,12H2,1H3/t17?,20-/m0/s1. The van der Waals surface area contributed by atoms with E-state index >= 15 is 0 Å². The van der Waals surface area contributed by atoms with Crippen LogP contribution >= 0.6 is 0 Å². The van der Waals surface area contributed by atoms with Crippen LogP contribution in [0.5, 0.6) is 11.5 Å². The number of ether oxygens (including phenoxy) is 1. The van der Waals surface area contributed by atoms with Crippen molar-refractivity contribution in [2.75, 3.05) is 19.7 Å². The molecule has 27 heavy (non-hydrogen) atoms. The number of aliphatic hydroxyl groups is 2. The Hall–Kier alpha value is -2.15. The fourth-order valence-corrected chi connectivity index (χ4v) is 4.11. The van der Waals surface area contributed by atoms with Crippen LogP contribution in [-0.4, -0.2) is 46.0 Å². The quantitative estimate of drug-likeness (QED) is 0.755. The SMILES string of the molecule is Cc1cc2c(cc1O)OCC(N1CCC(O)(c3ccc(F)cc3)CC1)[C@H]2O. The monoisotopic (exact) mass is 373 g/mol. The highest BCUT2D eigenvalue weighted by atomic mass is 19.1. The minimum Gasteiger partial charge on any atom is -0.508 e. The van der Waals surface area contributed by atoms with Crippen molar-refractivity contribution < 1.29 is 24.4 Å². The minimum absolute atomic E-state index is 0.154. The number of halogens is 1. The van der Waals surface area contributed by atoms with Crippen molar-refractivity contribution in [2.24, 2.45) is 0 Å². The van der Waals surface area contributed by atoms with Crippen molar-refractivity contribution in [1.29, 1.82) is 0 Å². The van der Waals surface area contributed by atoms with Gasteiger partial charge in [-0.15, -0.1) is 0 Å². The Morgan fingerprint density at radius 2 is 1.81 bits per heavy atom. The van der Waals surface area contributed by atoms with Gasteiger partial charge in [0.2, 0.25) is 0 Å². The van der Waals surface area contributed by atoms with E-state index < -0.39 is 11.7 Å². The van der Waals surface area contributed by atoms with E-state index in [0.29, 0.717) is 49.4 Å². The largest absolute Gasteiger partial charge is 0.508 e. The second kappa shape index (κ2) is 6.78. The molecule has 2 aliphatic heterocycles. The number of hydrogen-bond donors (Lipinski definition) is 3. The molecule has 1 fully saturated rings. The summed E-state index contributed by atoms with van der Waals surface area (Å²) >= 11 is 0. The molecule has 3 N–H and O–H groups in total. The van der Waals surface area contributed by atoms with E-state index in [0.717, 1.165) is 5.56 Å². The normalized spacial score (nSPS) is 24.9. The summed E-state index contributed by atoms with van der Waals surface area (Å²) in [5, 5.41) is 31.7. The highest BCUT2D eigenvalue weighted by Gasteiger charge is 2.40. The second-order valence-corrected chi connectivity index (χ2v) is 7.57. The van der Waals surface area contributed by atoms with Gasteiger partial charge in [0.05, 0.1) is 11.6 Å². The summed E-state index contributed by atoms with van der Waals surface area (Å²) in [5.74, 6) is 0.352. The molecule has 0 aromatic heterocycles. The molecule has 0 bridgehead atoms. The van der Waals surface area contributed by atoms with Gasteiger partial charge in [0.25, 0.3) is 0 Å². The summed E-state index contributed by atoms with van der Waals surface area (Å²) in [6.45, 7) is 3.32. The Morgan fingerprint density at radius 3 is 2.48 bits per heavy atom. The number of aliphatic hydroxyl groups excluding tert-OH is 1. The van der Waals surface area contributed by atoms with Crippen molar-refractivity contribution in [3.8, 4) is 11.5 Å². The summed E-state index contributed by atoms with van der Waals surface area (Å²) in [6, 6.07) is 9.11. The first-order chi connectivity index (χ1) is 12.9. The Bertz CT molecular complexity index is 831. The van der Waals surface area contributed by atoms with Gasteiger partial charge in [-0.05, 0) is 49.1 Å². The van der Waals surface area contributed by atoms with E-state index in [9.17, 15) is 19.7 Å². The molecule has 0 radical (unpaired) electrons. The topological polar surface area (TPSA) is 73.2 Å². The Morgan fingerprint density at radius 1 is 1.15 bits per heavy atom. The molecule has 2 aliphatic rings. The summed E-state index contributed by atoms with van der Waals surface area (Å²) in [7, 11) is 0. The maximum absolute atomic E-state index is 13.2.